The van der Waals surface area contributed by atoms with Gasteiger partial charge < -0.3 is 15.0 Å². The molecule has 0 aliphatic carbocycles. The maximum Gasteiger partial charge on any atom is 0.419 e. The molecule has 1 aromatic carbocycles. The second-order valence-electron chi connectivity index (χ2n) is 7.04. The third-order valence-electron chi connectivity index (χ3n) is 5.16. The quantitative estimate of drug-likeness (QED) is 0.773. The summed E-state index contributed by atoms with van der Waals surface area (Å²) in [5.41, 5.74) is -0.0380. The van der Waals surface area contributed by atoms with Crippen LogP contribution in [0.5, 0.6) is 0 Å². The smallest absolute Gasteiger partial charge is 0.381 e. The van der Waals surface area contributed by atoms with Gasteiger partial charge in [-0.15, -0.1) is 0 Å². The predicted molar refractivity (Wildman–Crippen MR) is 92.6 cm³/mol. The molecule has 0 aromatic heterocycles. The van der Waals surface area contributed by atoms with Crippen LogP contribution in [-0.2, 0) is 10.9 Å². The summed E-state index contributed by atoms with van der Waals surface area (Å²) in [6.07, 6.45) is -1.32. The van der Waals surface area contributed by atoms with Gasteiger partial charge >= 0.3 is 6.18 Å². The number of hydrogen-bond acceptors (Lipinski definition) is 5. The van der Waals surface area contributed by atoms with Crippen LogP contribution in [0.2, 0.25) is 0 Å². The molecule has 0 amide bonds. The maximum atomic E-state index is 13.7. The maximum absolute atomic E-state index is 13.7. The van der Waals surface area contributed by atoms with E-state index in [1.54, 1.807) is 6.08 Å². The molecule has 148 valence electrons. The van der Waals surface area contributed by atoms with Crippen LogP contribution in [0.3, 0.4) is 0 Å². The van der Waals surface area contributed by atoms with Crippen LogP contribution in [0.25, 0.3) is 5.70 Å². The number of benzene rings is 1. The average molecular weight is 394 g/mol. The Balaban J connectivity index is 1.69. The largest absolute Gasteiger partial charge is 0.419 e. The van der Waals surface area contributed by atoms with Crippen molar-refractivity contribution >= 4 is 5.70 Å². The molecule has 1 fully saturated rings. The van der Waals surface area contributed by atoms with Gasteiger partial charge in [0.2, 0.25) is 0 Å². The first-order chi connectivity index (χ1) is 13.4. The highest BCUT2D eigenvalue weighted by Crippen LogP contribution is 2.36. The molecule has 0 radical (unpaired) electrons. The monoisotopic (exact) mass is 394 g/mol. The van der Waals surface area contributed by atoms with Gasteiger partial charge in [0.15, 0.2) is 6.17 Å². The zero-order valence-corrected chi connectivity index (χ0v) is 14.8. The third kappa shape index (κ3) is 3.45. The van der Waals surface area contributed by atoms with Crippen LogP contribution >= 0.6 is 0 Å². The number of ether oxygens (including phenoxy) is 1. The highest BCUT2D eigenvalue weighted by Gasteiger charge is 2.37. The van der Waals surface area contributed by atoms with Crippen LogP contribution in [0, 0.1) is 23.1 Å². The van der Waals surface area contributed by atoms with E-state index in [2.05, 4.69) is 16.7 Å². The molecule has 3 aliphatic rings. The Morgan fingerprint density at radius 1 is 1.32 bits per heavy atom. The van der Waals surface area contributed by atoms with Gasteiger partial charge in [0, 0.05) is 30.8 Å². The van der Waals surface area contributed by atoms with E-state index in [0.29, 0.717) is 36.9 Å². The Morgan fingerprint density at radius 2 is 2.14 bits per heavy atom. The highest BCUT2D eigenvalue weighted by atomic mass is 19.4. The van der Waals surface area contributed by atoms with Crippen LogP contribution < -0.4 is 10.6 Å². The molecule has 0 bridgehead atoms. The first-order valence-corrected chi connectivity index (χ1v) is 8.92. The summed E-state index contributed by atoms with van der Waals surface area (Å²) in [5, 5.41) is 15.4. The van der Waals surface area contributed by atoms with Crippen LogP contribution in [0.4, 0.5) is 17.6 Å². The van der Waals surface area contributed by atoms with E-state index in [1.807, 2.05) is 11.1 Å². The van der Waals surface area contributed by atoms with E-state index < -0.39 is 23.7 Å². The van der Waals surface area contributed by atoms with Crippen molar-refractivity contribution in [3.05, 3.63) is 53.0 Å². The predicted octanol–water partition coefficient (Wildman–Crippen LogP) is 2.79. The summed E-state index contributed by atoms with van der Waals surface area (Å²) < 4.78 is 58.4. The fourth-order valence-corrected chi connectivity index (χ4v) is 3.77. The van der Waals surface area contributed by atoms with Gasteiger partial charge in [-0.3, -0.25) is 5.32 Å². The molecule has 3 heterocycles. The molecule has 3 unspecified atom stereocenters. The van der Waals surface area contributed by atoms with Gasteiger partial charge in [-0.25, -0.2) is 4.39 Å². The number of halogens is 4. The van der Waals surface area contributed by atoms with E-state index in [4.69, 9.17) is 4.74 Å². The Hall–Kier alpha value is -2.57. The second-order valence-corrected chi connectivity index (χ2v) is 7.04. The summed E-state index contributed by atoms with van der Waals surface area (Å²) in [7, 11) is 0. The Kier molecular flexibility index (Phi) is 4.77. The van der Waals surface area contributed by atoms with Crippen molar-refractivity contribution in [2.75, 3.05) is 19.8 Å². The van der Waals surface area contributed by atoms with E-state index in [1.165, 1.54) is 6.07 Å². The minimum absolute atomic E-state index is 0.186. The first-order valence-electron chi connectivity index (χ1n) is 8.92. The minimum atomic E-state index is -4.80. The molecule has 2 N–H and O–H groups in total. The topological polar surface area (TPSA) is 60.3 Å². The zero-order chi connectivity index (χ0) is 19.9. The fourth-order valence-electron chi connectivity index (χ4n) is 3.77. The van der Waals surface area contributed by atoms with Crippen molar-refractivity contribution in [3.8, 4) is 6.07 Å². The molecular formula is C19H18F4N4O. The SMILES string of the molecule is N#CC1NC(c2ccc(F)c(C(F)(F)F)c2)=C2C=CN(CC3CCOC3)C2N1. The first kappa shape index (κ1) is 18.8. The summed E-state index contributed by atoms with van der Waals surface area (Å²) in [6, 6.07) is 4.93. The number of rotatable bonds is 3. The normalized spacial score (nSPS) is 27.0. The molecule has 3 aliphatic heterocycles. The van der Waals surface area contributed by atoms with Crippen LogP contribution in [0.1, 0.15) is 17.5 Å². The van der Waals surface area contributed by atoms with E-state index in [0.717, 1.165) is 18.6 Å². The lowest BCUT2D eigenvalue weighted by molar-refractivity contribution is -0.140. The van der Waals surface area contributed by atoms with Crippen molar-refractivity contribution < 1.29 is 22.3 Å². The van der Waals surface area contributed by atoms with Gasteiger partial charge in [0.1, 0.15) is 18.1 Å². The molecule has 5 nitrogen and oxygen atoms in total. The molecule has 4 rings (SSSR count). The number of nitrogens with zero attached hydrogens (tertiary/aromatic N) is 2. The molecule has 9 heteroatoms. The summed E-state index contributed by atoms with van der Waals surface area (Å²) in [5.74, 6) is -0.971. The number of alkyl halides is 3. The van der Waals surface area contributed by atoms with Gasteiger partial charge in [0.25, 0.3) is 0 Å². The molecule has 1 aromatic rings. The fraction of sp³-hybridized carbons (Fsp3) is 0.421. The molecule has 0 spiro atoms. The van der Waals surface area contributed by atoms with Gasteiger partial charge in [-0.1, -0.05) is 0 Å². The number of fused-ring (bicyclic) bond motifs is 1. The van der Waals surface area contributed by atoms with Crippen molar-refractivity contribution in [1.82, 2.24) is 15.5 Å². The van der Waals surface area contributed by atoms with Crippen molar-refractivity contribution in [1.29, 1.82) is 5.26 Å². The summed E-state index contributed by atoms with van der Waals surface area (Å²) in [4.78, 5) is 2.02. The minimum Gasteiger partial charge on any atom is -0.381 e. The van der Waals surface area contributed by atoms with Crippen molar-refractivity contribution in [2.45, 2.75) is 24.9 Å². The second kappa shape index (κ2) is 7.11. The van der Waals surface area contributed by atoms with Crippen molar-refractivity contribution in [3.63, 3.8) is 0 Å². The number of nitrogens with one attached hydrogen (secondary N) is 2. The Bertz CT molecular complexity index is 868. The molecule has 1 saturated heterocycles. The Morgan fingerprint density at radius 3 is 2.82 bits per heavy atom. The molecule has 28 heavy (non-hydrogen) atoms. The van der Waals surface area contributed by atoms with E-state index in [9.17, 15) is 22.8 Å². The number of hydrogen-bond donors (Lipinski definition) is 2. The van der Waals surface area contributed by atoms with Gasteiger partial charge in [0.05, 0.1) is 17.9 Å². The lowest BCUT2D eigenvalue weighted by atomic mass is 9.99. The van der Waals surface area contributed by atoms with Gasteiger partial charge in [-0.05, 0) is 36.3 Å². The number of nitriles is 1. The molecule has 3 atom stereocenters. The highest BCUT2D eigenvalue weighted by molar-refractivity contribution is 5.73. The molecule has 0 saturated carbocycles. The lowest BCUT2D eigenvalue weighted by Gasteiger charge is -2.36. The van der Waals surface area contributed by atoms with Gasteiger partial charge in [-0.2, -0.15) is 18.4 Å². The standard InChI is InChI=1S/C19H18F4N4O/c20-15-2-1-12(7-14(15)19(21,22)23)17-13-3-5-27(9-11-4-6-28-10-11)18(13)26-16(8-24)25-17/h1-3,5,7,11,16,18,25-26H,4,6,9-10H2. The van der Waals surface area contributed by atoms with Crippen LogP contribution in [-0.4, -0.2) is 37.0 Å². The summed E-state index contributed by atoms with van der Waals surface area (Å²) >= 11 is 0. The van der Waals surface area contributed by atoms with E-state index in [-0.39, 0.29) is 11.7 Å². The third-order valence-corrected chi connectivity index (χ3v) is 5.16. The Labute approximate surface area is 159 Å². The zero-order valence-electron chi connectivity index (χ0n) is 14.8. The van der Waals surface area contributed by atoms with Crippen molar-refractivity contribution in [2.24, 2.45) is 5.92 Å². The van der Waals surface area contributed by atoms with Crippen LogP contribution in [0.15, 0.2) is 36.0 Å². The average Bonchev–Trinajstić information content (AvgIpc) is 3.31. The van der Waals surface area contributed by atoms with E-state index >= 15 is 0 Å². The molecular weight excluding hydrogens is 376 g/mol. The summed E-state index contributed by atoms with van der Waals surface area (Å²) in [6.45, 7) is 2.09. The lowest BCUT2D eigenvalue weighted by Crippen LogP contribution is -2.55.